The molecular weight excluding hydrogens is 252 g/mol. The van der Waals surface area contributed by atoms with Gasteiger partial charge in [-0.2, -0.15) is 0 Å². The highest BCUT2D eigenvalue weighted by molar-refractivity contribution is 5.93. The van der Waals surface area contributed by atoms with Crippen LogP contribution in [0.15, 0.2) is 18.3 Å². The van der Waals surface area contributed by atoms with Gasteiger partial charge in [0.05, 0.1) is 0 Å². The van der Waals surface area contributed by atoms with Gasteiger partial charge in [0.25, 0.3) is 5.91 Å². The highest BCUT2D eigenvalue weighted by atomic mass is 16.1. The number of pyridine rings is 1. The lowest BCUT2D eigenvalue weighted by Crippen LogP contribution is -2.26. The first-order chi connectivity index (χ1) is 9.63. The van der Waals surface area contributed by atoms with Gasteiger partial charge in [-0.15, -0.1) is 0 Å². The third-order valence-corrected chi connectivity index (χ3v) is 2.89. The van der Waals surface area contributed by atoms with Crippen molar-refractivity contribution in [3.63, 3.8) is 0 Å². The molecule has 0 aromatic carbocycles. The number of amides is 1. The van der Waals surface area contributed by atoms with Crippen molar-refractivity contribution in [2.24, 2.45) is 0 Å². The number of hydrogen-bond donors (Lipinski definition) is 2. The minimum absolute atomic E-state index is 0.102. The van der Waals surface area contributed by atoms with Crippen molar-refractivity contribution in [2.75, 3.05) is 39.0 Å². The largest absolute Gasteiger partial charge is 0.385 e. The maximum Gasteiger partial charge on any atom is 0.269 e. The summed E-state index contributed by atoms with van der Waals surface area (Å²) >= 11 is 0. The van der Waals surface area contributed by atoms with Crippen LogP contribution in [0.25, 0.3) is 0 Å². The molecule has 0 saturated heterocycles. The Kier molecular flexibility index (Phi) is 7.65. The summed E-state index contributed by atoms with van der Waals surface area (Å²) in [6.45, 7) is 4.75. The van der Waals surface area contributed by atoms with E-state index in [-0.39, 0.29) is 5.91 Å². The summed E-state index contributed by atoms with van der Waals surface area (Å²) in [5, 5.41) is 6.16. The number of carbonyl (C=O) groups excluding carboxylic acids is 1. The molecule has 5 heteroatoms. The molecule has 112 valence electrons. The molecule has 0 aliphatic heterocycles. The molecule has 1 aromatic rings. The predicted molar refractivity (Wildman–Crippen MR) is 83.1 cm³/mol. The Balaban J connectivity index is 2.35. The minimum Gasteiger partial charge on any atom is -0.385 e. The minimum atomic E-state index is -0.102. The first-order valence-corrected chi connectivity index (χ1v) is 7.26. The van der Waals surface area contributed by atoms with Crippen molar-refractivity contribution in [3.8, 4) is 0 Å². The van der Waals surface area contributed by atoms with Crippen LogP contribution in [0.4, 0.5) is 5.69 Å². The fraction of sp³-hybridized carbons (Fsp3) is 0.600. The van der Waals surface area contributed by atoms with E-state index in [1.807, 2.05) is 6.07 Å². The van der Waals surface area contributed by atoms with E-state index in [4.69, 9.17) is 0 Å². The molecule has 0 aliphatic rings. The first-order valence-electron chi connectivity index (χ1n) is 7.26. The average Bonchev–Trinajstić information content (AvgIpc) is 2.44. The van der Waals surface area contributed by atoms with E-state index in [1.54, 1.807) is 12.3 Å². The number of hydrogen-bond acceptors (Lipinski definition) is 4. The number of nitrogens with one attached hydrogen (secondary N) is 2. The van der Waals surface area contributed by atoms with Gasteiger partial charge in [0.1, 0.15) is 5.69 Å². The van der Waals surface area contributed by atoms with Crippen molar-refractivity contribution < 1.29 is 4.79 Å². The number of carbonyl (C=O) groups is 1. The third kappa shape index (κ3) is 6.52. The quantitative estimate of drug-likeness (QED) is 0.678. The van der Waals surface area contributed by atoms with Gasteiger partial charge in [0.15, 0.2) is 0 Å². The summed E-state index contributed by atoms with van der Waals surface area (Å²) in [4.78, 5) is 18.2. The zero-order valence-electron chi connectivity index (χ0n) is 12.8. The average molecular weight is 278 g/mol. The second-order valence-electron chi connectivity index (χ2n) is 5.12. The molecule has 20 heavy (non-hydrogen) atoms. The van der Waals surface area contributed by atoms with Crippen LogP contribution in [-0.2, 0) is 0 Å². The molecule has 1 amide bonds. The third-order valence-electron chi connectivity index (χ3n) is 2.89. The zero-order valence-corrected chi connectivity index (χ0v) is 12.8. The molecule has 5 nitrogen and oxygen atoms in total. The van der Waals surface area contributed by atoms with Crippen LogP contribution < -0.4 is 10.6 Å². The van der Waals surface area contributed by atoms with E-state index in [0.29, 0.717) is 12.2 Å². The van der Waals surface area contributed by atoms with Crippen LogP contribution in [0.1, 0.15) is 36.7 Å². The Morgan fingerprint density at radius 3 is 2.80 bits per heavy atom. The van der Waals surface area contributed by atoms with E-state index in [0.717, 1.165) is 38.0 Å². The van der Waals surface area contributed by atoms with Gasteiger partial charge in [-0.1, -0.05) is 6.92 Å². The molecule has 1 rings (SSSR count). The number of anilines is 1. The second-order valence-corrected chi connectivity index (χ2v) is 5.12. The Hall–Kier alpha value is -1.62. The number of rotatable bonds is 9. The summed E-state index contributed by atoms with van der Waals surface area (Å²) in [5.41, 5.74) is 1.42. The summed E-state index contributed by atoms with van der Waals surface area (Å²) in [6.07, 6.45) is 4.78. The summed E-state index contributed by atoms with van der Waals surface area (Å²) < 4.78 is 0. The smallest absolute Gasteiger partial charge is 0.269 e. The number of aromatic nitrogens is 1. The maximum atomic E-state index is 12.0. The SMILES string of the molecule is CCCNc1ccnc(C(=O)NCCCCN(C)C)c1. The molecule has 0 bridgehead atoms. The molecule has 0 atom stereocenters. The van der Waals surface area contributed by atoms with Crippen molar-refractivity contribution in [3.05, 3.63) is 24.0 Å². The second kappa shape index (κ2) is 9.31. The summed E-state index contributed by atoms with van der Waals surface area (Å²) in [7, 11) is 4.11. The molecule has 0 unspecified atom stereocenters. The van der Waals surface area contributed by atoms with Crippen molar-refractivity contribution >= 4 is 11.6 Å². The van der Waals surface area contributed by atoms with Gasteiger partial charge >= 0.3 is 0 Å². The van der Waals surface area contributed by atoms with Gasteiger partial charge in [0, 0.05) is 25.0 Å². The summed E-state index contributed by atoms with van der Waals surface area (Å²) in [6, 6.07) is 3.67. The van der Waals surface area contributed by atoms with Gasteiger partial charge in [-0.3, -0.25) is 9.78 Å². The van der Waals surface area contributed by atoms with Gasteiger partial charge in [-0.25, -0.2) is 0 Å². The predicted octanol–water partition coefficient (Wildman–Crippen LogP) is 1.98. The first kappa shape index (κ1) is 16.4. The Morgan fingerprint density at radius 2 is 2.10 bits per heavy atom. The molecule has 2 N–H and O–H groups in total. The van der Waals surface area contributed by atoms with Gasteiger partial charge in [-0.05, 0) is 52.0 Å². The lowest BCUT2D eigenvalue weighted by Gasteiger charge is -2.10. The van der Waals surface area contributed by atoms with Crippen LogP contribution in [-0.4, -0.2) is 49.5 Å². The highest BCUT2D eigenvalue weighted by Gasteiger charge is 2.06. The normalized spacial score (nSPS) is 10.6. The molecular formula is C15H26N4O. The molecule has 0 saturated carbocycles. The van der Waals surface area contributed by atoms with Gasteiger partial charge in [0.2, 0.25) is 0 Å². The summed E-state index contributed by atoms with van der Waals surface area (Å²) in [5.74, 6) is -0.102. The Bertz CT molecular complexity index is 407. The van der Waals surface area contributed by atoms with Crippen LogP contribution >= 0.6 is 0 Å². The fourth-order valence-corrected chi connectivity index (χ4v) is 1.78. The van der Waals surface area contributed by atoms with Crippen LogP contribution in [0.5, 0.6) is 0 Å². The Morgan fingerprint density at radius 1 is 1.30 bits per heavy atom. The molecule has 0 fully saturated rings. The van der Waals surface area contributed by atoms with Crippen molar-refractivity contribution in [1.82, 2.24) is 15.2 Å². The van der Waals surface area contributed by atoms with E-state index in [2.05, 4.69) is 41.5 Å². The van der Waals surface area contributed by atoms with E-state index in [9.17, 15) is 4.79 Å². The maximum absolute atomic E-state index is 12.0. The lowest BCUT2D eigenvalue weighted by molar-refractivity contribution is 0.0948. The molecule has 1 aromatic heterocycles. The zero-order chi connectivity index (χ0) is 14.8. The standard InChI is InChI=1S/C15H26N4O/c1-4-8-16-13-7-10-17-14(12-13)15(20)18-9-5-6-11-19(2)3/h7,10,12H,4-6,8-9,11H2,1-3H3,(H,16,17)(H,18,20). The van der Waals surface area contributed by atoms with Crippen molar-refractivity contribution in [1.29, 1.82) is 0 Å². The fourth-order valence-electron chi connectivity index (χ4n) is 1.78. The van der Waals surface area contributed by atoms with Crippen molar-refractivity contribution in [2.45, 2.75) is 26.2 Å². The van der Waals surface area contributed by atoms with Gasteiger partial charge < -0.3 is 15.5 Å². The topological polar surface area (TPSA) is 57.3 Å². The molecule has 0 radical (unpaired) electrons. The molecule has 1 heterocycles. The van der Waals surface area contributed by atoms with E-state index >= 15 is 0 Å². The van der Waals surface area contributed by atoms with E-state index in [1.165, 1.54) is 0 Å². The number of unbranched alkanes of at least 4 members (excludes halogenated alkanes) is 1. The molecule has 0 aliphatic carbocycles. The van der Waals surface area contributed by atoms with Crippen LogP contribution in [0.2, 0.25) is 0 Å². The van der Waals surface area contributed by atoms with Crippen LogP contribution in [0.3, 0.4) is 0 Å². The molecule has 0 spiro atoms. The van der Waals surface area contributed by atoms with E-state index < -0.39 is 0 Å². The Labute approximate surface area is 121 Å². The monoisotopic (exact) mass is 278 g/mol. The lowest BCUT2D eigenvalue weighted by atomic mass is 10.2. The number of nitrogens with zero attached hydrogens (tertiary/aromatic N) is 2. The highest BCUT2D eigenvalue weighted by Crippen LogP contribution is 2.07. The van der Waals surface area contributed by atoms with Crippen LogP contribution in [0, 0.1) is 0 Å².